The summed E-state index contributed by atoms with van der Waals surface area (Å²) >= 11 is 0. The van der Waals surface area contributed by atoms with Crippen molar-refractivity contribution in [2.75, 3.05) is 32.8 Å². The largest absolute Gasteiger partial charge is 0.463 e. The molecule has 1 aromatic carbocycles. The first kappa shape index (κ1) is 18.4. The molecule has 0 spiro atoms. The van der Waals surface area contributed by atoms with E-state index in [-0.39, 0.29) is 5.97 Å². The number of likely N-dealkylation sites (N-methyl/N-ethyl adjacent to an activating group) is 1. The van der Waals surface area contributed by atoms with Gasteiger partial charge < -0.3 is 14.4 Å². The van der Waals surface area contributed by atoms with Crippen LogP contribution in [0, 0.1) is 0 Å². The van der Waals surface area contributed by atoms with Gasteiger partial charge >= 0.3 is 5.97 Å². The lowest BCUT2D eigenvalue weighted by molar-refractivity contribution is -0.137. The number of hydrogen-bond donors (Lipinski definition) is 0. The Balaban J connectivity index is 2.51. The second-order valence-electron chi connectivity index (χ2n) is 4.86. The van der Waals surface area contributed by atoms with Crippen molar-refractivity contribution in [2.24, 2.45) is 0 Å². The van der Waals surface area contributed by atoms with Crippen LogP contribution in [0.15, 0.2) is 30.3 Å². The van der Waals surface area contributed by atoms with Crippen LogP contribution in [0.2, 0.25) is 0 Å². The summed E-state index contributed by atoms with van der Waals surface area (Å²) < 4.78 is 10.6. The molecular weight excluding hydrogens is 278 g/mol. The fourth-order valence-corrected chi connectivity index (χ4v) is 2.09. The van der Waals surface area contributed by atoms with Crippen LogP contribution < -0.4 is 0 Å². The van der Waals surface area contributed by atoms with Gasteiger partial charge in [0.05, 0.1) is 19.8 Å². The summed E-state index contributed by atoms with van der Waals surface area (Å²) in [6, 6.07) is 7.91. The molecule has 0 unspecified atom stereocenters. The third kappa shape index (κ3) is 6.87. The quantitative estimate of drug-likeness (QED) is 0.378. The first-order valence-electron chi connectivity index (χ1n) is 7.94. The van der Waals surface area contributed by atoms with Crippen LogP contribution in [0.4, 0.5) is 0 Å². The Bertz CT molecular complexity index is 467. The molecule has 0 aromatic heterocycles. The van der Waals surface area contributed by atoms with Crippen molar-refractivity contribution in [1.29, 1.82) is 0 Å². The van der Waals surface area contributed by atoms with E-state index in [9.17, 15) is 4.79 Å². The lowest BCUT2D eigenvalue weighted by Crippen LogP contribution is -2.27. The van der Waals surface area contributed by atoms with Gasteiger partial charge in [0, 0.05) is 12.6 Å². The standard InChI is InChI=1S/C18H27NO3/c1-4-19(5-2)13-14-21-15-17-10-8-7-9-16(17)11-12-18(20)22-6-3/h7-12H,4-6,13-15H2,1-3H3. The monoisotopic (exact) mass is 305 g/mol. The fraction of sp³-hybridized carbons (Fsp3) is 0.500. The van der Waals surface area contributed by atoms with Crippen LogP contribution in [0.25, 0.3) is 6.08 Å². The van der Waals surface area contributed by atoms with Gasteiger partial charge in [-0.1, -0.05) is 38.1 Å². The maximum absolute atomic E-state index is 11.4. The Kier molecular flexibility index (Phi) is 9.19. The molecule has 0 aliphatic heterocycles. The van der Waals surface area contributed by atoms with Gasteiger partial charge in [0.1, 0.15) is 0 Å². The average molecular weight is 305 g/mol. The normalized spacial score (nSPS) is 11.3. The zero-order chi connectivity index (χ0) is 16.2. The van der Waals surface area contributed by atoms with E-state index in [1.54, 1.807) is 13.0 Å². The minimum absolute atomic E-state index is 0.320. The molecular formula is C18H27NO3. The molecule has 1 aromatic rings. The van der Waals surface area contributed by atoms with Crippen molar-refractivity contribution in [2.45, 2.75) is 27.4 Å². The van der Waals surface area contributed by atoms with Gasteiger partial charge in [0.25, 0.3) is 0 Å². The summed E-state index contributed by atoms with van der Waals surface area (Å²) in [5.74, 6) is -0.320. The Hall–Kier alpha value is -1.65. The van der Waals surface area contributed by atoms with Gasteiger partial charge in [-0.05, 0) is 37.2 Å². The molecule has 0 atom stereocenters. The predicted molar refractivity (Wildman–Crippen MR) is 89.6 cm³/mol. The van der Waals surface area contributed by atoms with Gasteiger partial charge in [-0.3, -0.25) is 0 Å². The van der Waals surface area contributed by atoms with E-state index < -0.39 is 0 Å². The average Bonchev–Trinajstić information content (AvgIpc) is 2.54. The van der Waals surface area contributed by atoms with Gasteiger partial charge in [-0.15, -0.1) is 0 Å². The summed E-state index contributed by atoms with van der Waals surface area (Å²) in [5.41, 5.74) is 2.06. The summed E-state index contributed by atoms with van der Waals surface area (Å²) in [6.45, 7) is 10.8. The highest BCUT2D eigenvalue weighted by Gasteiger charge is 2.02. The van der Waals surface area contributed by atoms with Crippen LogP contribution >= 0.6 is 0 Å². The minimum Gasteiger partial charge on any atom is -0.463 e. The van der Waals surface area contributed by atoms with Crippen molar-refractivity contribution in [3.8, 4) is 0 Å². The molecule has 122 valence electrons. The Labute approximate surface area is 133 Å². The first-order valence-corrected chi connectivity index (χ1v) is 7.94. The van der Waals surface area contributed by atoms with Crippen LogP contribution in [0.3, 0.4) is 0 Å². The second-order valence-corrected chi connectivity index (χ2v) is 4.86. The van der Waals surface area contributed by atoms with Gasteiger partial charge in [-0.25, -0.2) is 4.79 Å². The fourth-order valence-electron chi connectivity index (χ4n) is 2.09. The highest BCUT2D eigenvalue weighted by Crippen LogP contribution is 2.12. The number of hydrogen-bond acceptors (Lipinski definition) is 4. The molecule has 0 aliphatic rings. The van der Waals surface area contributed by atoms with E-state index >= 15 is 0 Å². The number of rotatable bonds is 10. The molecule has 4 nitrogen and oxygen atoms in total. The lowest BCUT2D eigenvalue weighted by atomic mass is 10.1. The summed E-state index contributed by atoms with van der Waals surface area (Å²) in [6.07, 6.45) is 3.24. The van der Waals surface area contributed by atoms with Crippen molar-refractivity contribution in [1.82, 2.24) is 4.90 Å². The Morgan fingerprint density at radius 1 is 1.18 bits per heavy atom. The van der Waals surface area contributed by atoms with Crippen LogP contribution in [-0.2, 0) is 20.9 Å². The van der Waals surface area contributed by atoms with Gasteiger partial charge in [0.2, 0.25) is 0 Å². The third-order valence-corrected chi connectivity index (χ3v) is 3.44. The van der Waals surface area contributed by atoms with Gasteiger partial charge in [-0.2, -0.15) is 0 Å². The lowest BCUT2D eigenvalue weighted by Gasteiger charge is -2.17. The van der Waals surface area contributed by atoms with E-state index in [0.29, 0.717) is 19.8 Å². The number of benzene rings is 1. The van der Waals surface area contributed by atoms with Crippen LogP contribution in [-0.4, -0.2) is 43.7 Å². The first-order chi connectivity index (χ1) is 10.7. The molecule has 0 saturated heterocycles. The molecule has 0 aliphatic carbocycles. The Morgan fingerprint density at radius 3 is 2.59 bits per heavy atom. The van der Waals surface area contributed by atoms with Crippen molar-refractivity contribution in [3.63, 3.8) is 0 Å². The van der Waals surface area contributed by atoms with E-state index in [4.69, 9.17) is 9.47 Å². The van der Waals surface area contributed by atoms with Crippen LogP contribution in [0.5, 0.6) is 0 Å². The molecule has 0 bridgehead atoms. The third-order valence-electron chi connectivity index (χ3n) is 3.44. The highest BCUT2D eigenvalue weighted by molar-refractivity contribution is 5.87. The van der Waals surface area contributed by atoms with Crippen molar-refractivity contribution < 1.29 is 14.3 Å². The smallest absolute Gasteiger partial charge is 0.330 e. The number of carbonyl (C=O) groups is 1. The molecule has 1 rings (SSSR count). The molecule has 4 heteroatoms. The van der Waals surface area contributed by atoms with E-state index in [1.165, 1.54) is 6.08 Å². The van der Waals surface area contributed by atoms with E-state index in [2.05, 4.69) is 18.7 Å². The highest BCUT2D eigenvalue weighted by atomic mass is 16.5. The second kappa shape index (κ2) is 11.0. The number of ether oxygens (including phenoxy) is 2. The summed E-state index contributed by atoms with van der Waals surface area (Å²) in [7, 11) is 0. The number of carbonyl (C=O) groups excluding carboxylic acids is 1. The van der Waals surface area contributed by atoms with Crippen molar-refractivity contribution >= 4 is 12.0 Å². The van der Waals surface area contributed by atoms with Crippen LogP contribution in [0.1, 0.15) is 31.9 Å². The molecule has 0 N–H and O–H groups in total. The van der Waals surface area contributed by atoms with E-state index in [1.807, 2.05) is 24.3 Å². The van der Waals surface area contributed by atoms with E-state index in [0.717, 1.165) is 30.8 Å². The topological polar surface area (TPSA) is 38.8 Å². The number of esters is 1. The maximum atomic E-state index is 11.4. The van der Waals surface area contributed by atoms with Gasteiger partial charge in [0.15, 0.2) is 0 Å². The zero-order valence-electron chi connectivity index (χ0n) is 13.9. The zero-order valence-corrected chi connectivity index (χ0v) is 13.9. The molecule has 0 saturated carbocycles. The molecule has 0 radical (unpaired) electrons. The SMILES string of the molecule is CCOC(=O)C=Cc1ccccc1COCCN(CC)CC. The van der Waals surface area contributed by atoms with Crippen molar-refractivity contribution in [3.05, 3.63) is 41.5 Å². The molecule has 0 amide bonds. The molecule has 0 fully saturated rings. The summed E-state index contributed by atoms with van der Waals surface area (Å²) in [4.78, 5) is 13.7. The summed E-state index contributed by atoms with van der Waals surface area (Å²) in [5, 5.41) is 0. The molecule has 0 heterocycles. The predicted octanol–water partition coefficient (Wildman–Crippen LogP) is 3.12. The number of nitrogens with zero attached hydrogens (tertiary/aromatic N) is 1. The minimum atomic E-state index is -0.320. The Morgan fingerprint density at radius 2 is 1.91 bits per heavy atom. The molecule has 22 heavy (non-hydrogen) atoms. The maximum Gasteiger partial charge on any atom is 0.330 e.